The molecule has 6 rings (SSSR count). The van der Waals surface area contributed by atoms with E-state index in [0.717, 1.165) is 33.2 Å². The number of anilines is 2. The Bertz CT molecular complexity index is 2030. The number of nitrogen functional groups attached to an aromatic ring is 1. The highest BCUT2D eigenvalue weighted by Gasteiger charge is 2.11. The van der Waals surface area contributed by atoms with Crippen molar-refractivity contribution >= 4 is 61.0 Å². The van der Waals surface area contributed by atoms with Gasteiger partial charge < -0.3 is 20.5 Å². The molecule has 2 heterocycles. The normalized spacial score (nSPS) is 10.4. The van der Waals surface area contributed by atoms with Crippen molar-refractivity contribution in [3.63, 3.8) is 0 Å². The Morgan fingerprint density at radius 3 is 1.81 bits per heavy atom. The molecule has 0 aliphatic carbocycles. The number of nitrogens with one attached hydrogen (secondary N) is 1. The van der Waals surface area contributed by atoms with Crippen LogP contribution in [0.15, 0.2) is 85.2 Å². The summed E-state index contributed by atoms with van der Waals surface area (Å²) in [7, 11) is 6.31. The van der Waals surface area contributed by atoms with E-state index in [1.807, 2.05) is 55.2 Å². The topological polar surface area (TPSA) is 126 Å². The van der Waals surface area contributed by atoms with E-state index in [0.29, 0.717) is 23.0 Å². The fourth-order valence-electron chi connectivity index (χ4n) is 4.56. The van der Waals surface area contributed by atoms with E-state index >= 15 is 0 Å². The summed E-state index contributed by atoms with van der Waals surface area (Å²) in [5.41, 5.74) is 10.9. The summed E-state index contributed by atoms with van der Waals surface area (Å²) in [6.45, 7) is 0.307. The number of hydrogen-bond acceptors (Lipinski definition) is 8. The number of carbonyl (C=O) groups excluding carboxylic acids is 2. The highest BCUT2D eigenvalue weighted by Crippen LogP contribution is 2.24. The smallest absolute Gasteiger partial charge is 0.337 e. The summed E-state index contributed by atoms with van der Waals surface area (Å²) in [4.78, 5) is 22.4. The molecule has 47 heavy (non-hydrogen) atoms. The largest absolute Gasteiger partial charge is 0.465 e. The number of aromatic nitrogens is 4. The molecule has 0 atom stereocenters. The molecule has 0 unspecified atom stereocenters. The molecule has 2 aromatic heterocycles. The maximum Gasteiger partial charge on any atom is 0.337 e. The average molecular weight is 708 g/mol. The molecule has 244 valence electrons. The first-order valence-corrected chi connectivity index (χ1v) is 15.3. The van der Waals surface area contributed by atoms with Crippen LogP contribution in [-0.2, 0) is 35.4 Å². The SMILES string of the molecule is COC(=O)c1ccc(CBr)c(F)c1.COC(=O)c1ccc(CNc2cccc3c2cnn3C)c(F)c1.Cn1ncc2c(N)cccc21. The van der Waals surface area contributed by atoms with Crippen LogP contribution in [0.3, 0.4) is 0 Å². The molecule has 0 fully saturated rings. The van der Waals surface area contributed by atoms with Crippen LogP contribution in [0, 0.1) is 11.6 Å². The summed E-state index contributed by atoms with van der Waals surface area (Å²) in [5, 5.41) is 14.0. The number of hydrogen-bond donors (Lipinski definition) is 2. The second kappa shape index (κ2) is 15.8. The maximum atomic E-state index is 14.1. The Labute approximate surface area is 278 Å². The van der Waals surface area contributed by atoms with Crippen LogP contribution in [0.5, 0.6) is 0 Å². The van der Waals surface area contributed by atoms with Crippen molar-refractivity contribution in [3.8, 4) is 0 Å². The number of nitrogens with two attached hydrogens (primary N) is 1. The number of alkyl halides is 1. The predicted octanol–water partition coefficient (Wildman–Crippen LogP) is 6.77. The third-order valence-corrected chi connectivity index (χ3v) is 7.78. The molecule has 0 aliphatic rings. The highest BCUT2D eigenvalue weighted by atomic mass is 79.9. The van der Waals surface area contributed by atoms with Crippen molar-refractivity contribution in [2.45, 2.75) is 11.9 Å². The quantitative estimate of drug-likeness (QED) is 0.110. The van der Waals surface area contributed by atoms with E-state index in [9.17, 15) is 18.4 Å². The van der Waals surface area contributed by atoms with Gasteiger partial charge in [0.1, 0.15) is 11.6 Å². The number of fused-ring (bicyclic) bond motifs is 2. The molecule has 0 saturated heterocycles. The summed E-state index contributed by atoms with van der Waals surface area (Å²) in [5.74, 6) is -1.93. The summed E-state index contributed by atoms with van der Waals surface area (Å²) in [6.07, 6.45) is 3.55. The molecule has 6 aromatic rings. The van der Waals surface area contributed by atoms with E-state index in [4.69, 9.17) is 5.73 Å². The maximum absolute atomic E-state index is 14.1. The van der Waals surface area contributed by atoms with E-state index < -0.39 is 23.6 Å². The van der Waals surface area contributed by atoms with Crippen molar-refractivity contribution in [1.82, 2.24) is 19.6 Å². The first-order valence-electron chi connectivity index (χ1n) is 14.2. The van der Waals surface area contributed by atoms with E-state index in [-0.39, 0.29) is 11.1 Å². The minimum atomic E-state index is -0.552. The zero-order valence-electron chi connectivity index (χ0n) is 26.1. The van der Waals surface area contributed by atoms with Gasteiger partial charge in [0.2, 0.25) is 0 Å². The van der Waals surface area contributed by atoms with Crippen molar-refractivity contribution in [3.05, 3.63) is 119 Å². The molecule has 0 spiro atoms. The van der Waals surface area contributed by atoms with Crippen LogP contribution in [0.4, 0.5) is 20.2 Å². The molecule has 10 nitrogen and oxygen atoms in total. The van der Waals surface area contributed by atoms with Gasteiger partial charge in [0, 0.05) is 53.7 Å². The third kappa shape index (κ3) is 8.30. The number of esters is 2. The minimum Gasteiger partial charge on any atom is -0.465 e. The molecule has 3 N–H and O–H groups in total. The van der Waals surface area contributed by atoms with Gasteiger partial charge in [0.15, 0.2) is 0 Å². The molecular weight excluding hydrogens is 674 g/mol. The molecular formula is C34H33BrF2N6O4. The third-order valence-electron chi connectivity index (χ3n) is 7.18. The molecule has 0 amide bonds. The van der Waals surface area contributed by atoms with E-state index in [2.05, 4.69) is 40.9 Å². The lowest BCUT2D eigenvalue weighted by atomic mass is 10.1. The lowest BCUT2D eigenvalue weighted by molar-refractivity contribution is 0.0591. The molecule has 13 heteroatoms. The first kappa shape index (κ1) is 34.6. The van der Waals surface area contributed by atoms with Gasteiger partial charge in [-0.1, -0.05) is 40.2 Å². The average Bonchev–Trinajstić information content (AvgIpc) is 3.67. The first-order chi connectivity index (χ1) is 22.6. The van der Waals surface area contributed by atoms with Gasteiger partial charge in [-0.3, -0.25) is 9.36 Å². The second-order valence-corrected chi connectivity index (χ2v) is 10.7. The van der Waals surface area contributed by atoms with Gasteiger partial charge in [-0.05, 0) is 54.1 Å². The minimum absolute atomic E-state index is 0.197. The Balaban J connectivity index is 0.000000176. The summed E-state index contributed by atoms with van der Waals surface area (Å²) >= 11 is 3.13. The van der Waals surface area contributed by atoms with Gasteiger partial charge in [0.25, 0.3) is 0 Å². The number of carbonyl (C=O) groups is 2. The van der Waals surface area contributed by atoms with Gasteiger partial charge in [-0.2, -0.15) is 10.2 Å². The second-order valence-electron chi connectivity index (χ2n) is 10.1. The number of halogens is 3. The predicted molar refractivity (Wildman–Crippen MR) is 181 cm³/mol. The van der Waals surface area contributed by atoms with Gasteiger partial charge in [0.05, 0.1) is 48.8 Å². The van der Waals surface area contributed by atoms with Gasteiger partial charge >= 0.3 is 11.9 Å². The lowest BCUT2D eigenvalue weighted by Gasteiger charge is -2.09. The van der Waals surface area contributed by atoms with Gasteiger partial charge in [-0.15, -0.1) is 0 Å². The zero-order chi connectivity index (χ0) is 34.1. The van der Waals surface area contributed by atoms with Crippen LogP contribution in [0.25, 0.3) is 21.8 Å². The van der Waals surface area contributed by atoms with Crippen LogP contribution in [0.1, 0.15) is 31.8 Å². The van der Waals surface area contributed by atoms with Crippen LogP contribution >= 0.6 is 15.9 Å². The van der Waals surface area contributed by atoms with Crippen LogP contribution in [-0.4, -0.2) is 45.7 Å². The number of ether oxygens (including phenoxy) is 2. The van der Waals surface area contributed by atoms with Crippen LogP contribution < -0.4 is 11.1 Å². The summed E-state index contributed by atoms with van der Waals surface area (Å²) in [6, 6.07) is 20.2. The number of nitrogens with zero attached hydrogens (tertiary/aromatic N) is 4. The molecule has 4 aromatic carbocycles. The Kier molecular flexibility index (Phi) is 11.6. The standard InChI is InChI=1S/C17H16FN3O2.C9H8BrFO2.C8H9N3/c1-21-16-5-3-4-15(13(16)10-20-21)19-9-12-7-6-11(8-14(12)18)17(22)23-2;1-13-9(12)6-2-3-7(5-10)8(11)4-6;1-11-8-4-2-3-7(9)6(8)5-10-11/h3-8,10,19H,9H2,1-2H3;2-4H,5H2,1H3;2-5H,9H2,1H3. The number of benzene rings is 4. The molecule has 0 aliphatic heterocycles. The number of methoxy groups -OCH3 is 2. The molecule has 0 radical (unpaired) electrons. The van der Waals surface area contributed by atoms with Crippen molar-refractivity contribution in [2.24, 2.45) is 14.1 Å². The highest BCUT2D eigenvalue weighted by molar-refractivity contribution is 9.08. The van der Waals surface area contributed by atoms with E-state index in [1.165, 1.54) is 32.4 Å². The number of rotatable bonds is 6. The molecule has 0 bridgehead atoms. The van der Waals surface area contributed by atoms with Crippen molar-refractivity contribution in [1.29, 1.82) is 0 Å². The van der Waals surface area contributed by atoms with Gasteiger partial charge in [-0.25, -0.2) is 18.4 Å². The fraction of sp³-hybridized carbons (Fsp3) is 0.176. The van der Waals surface area contributed by atoms with Crippen molar-refractivity contribution < 1.29 is 27.8 Å². The zero-order valence-corrected chi connectivity index (χ0v) is 27.7. The Hall–Kier alpha value is -5.30. The fourth-order valence-corrected chi connectivity index (χ4v) is 5.01. The van der Waals surface area contributed by atoms with Crippen molar-refractivity contribution in [2.75, 3.05) is 25.3 Å². The monoisotopic (exact) mass is 706 g/mol. The van der Waals surface area contributed by atoms with E-state index in [1.54, 1.807) is 35.3 Å². The summed E-state index contributed by atoms with van der Waals surface area (Å²) < 4.78 is 39.8. The Morgan fingerprint density at radius 1 is 0.787 bits per heavy atom. The Morgan fingerprint density at radius 2 is 1.30 bits per heavy atom. The van der Waals surface area contributed by atoms with Crippen LogP contribution in [0.2, 0.25) is 0 Å². The molecule has 0 saturated carbocycles. The number of aryl methyl sites for hydroxylation is 2. The lowest BCUT2D eigenvalue weighted by Crippen LogP contribution is -2.06.